The van der Waals surface area contributed by atoms with Gasteiger partial charge < -0.3 is 13.7 Å². The zero-order valence-corrected chi connectivity index (χ0v) is 17.9. The number of nitrogens with zero attached hydrogens (tertiary/aromatic N) is 1. The summed E-state index contributed by atoms with van der Waals surface area (Å²) in [5.41, 5.74) is 2.35. The number of ether oxygens (including phenoxy) is 1. The van der Waals surface area contributed by atoms with E-state index in [1.807, 2.05) is 60.9 Å². The van der Waals surface area contributed by atoms with Gasteiger partial charge in [0.15, 0.2) is 6.61 Å². The predicted molar refractivity (Wildman–Crippen MR) is 114 cm³/mol. The highest BCUT2D eigenvalue weighted by Crippen LogP contribution is 2.21. The van der Waals surface area contributed by atoms with E-state index in [1.54, 1.807) is 18.0 Å². The highest BCUT2D eigenvalue weighted by atomic mass is 35.5. The number of thioether (sulfide) groups is 1. The minimum atomic E-state index is -0.385. The second-order valence-corrected chi connectivity index (χ2v) is 8.19. The van der Waals surface area contributed by atoms with E-state index in [2.05, 4.69) is 0 Å². The molecule has 0 atom stereocenters. The highest BCUT2D eigenvalue weighted by molar-refractivity contribution is 7.99. The molecule has 0 bridgehead atoms. The largest absolute Gasteiger partial charge is 0.467 e. The van der Waals surface area contributed by atoms with Crippen LogP contribution in [0, 0.1) is 13.8 Å². The summed E-state index contributed by atoms with van der Waals surface area (Å²) < 4.78 is 12.6. The second-order valence-electron chi connectivity index (χ2n) is 6.59. The number of furan rings is 1. The quantitative estimate of drug-likeness (QED) is 0.261. The van der Waals surface area contributed by atoms with Crippen LogP contribution in [0.15, 0.2) is 58.0 Å². The fourth-order valence-electron chi connectivity index (χ4n) is 2.96. The van der Waals surface area contributed by atoms with Gasteiger partial charge in [-0.2, -0.15) is 0 Å². The highest BCUT2D eigenvalue weighted by Gasteiger charge is 2.18. The molecule has 0 amide bonds. The lowest BCUT2D eigenvalue weighted by Gasteiger charge is -2.08. The number of carbonyl (C=O) groups is 2. The third-order valence-electron chi connectivity index (χ3n) is 4.52. The summed E-state index contributed by atoms with van der Waals surface area (Å²) in [6.07, 6.45) is 1.86. The number of aromatic nitrogens is 1. The third-order valence-corrected chi connectivity index (χ3v) is 5.79. The summed E-state index contributed by atoms with van der Waals surface area (Å²) >= 11 is 7.39. The Morgan fingerprint density at radius 3 is 2.62 bits per heavy atom. The maximum Gasteiger partial charge on any atom is 0.307 e. The van der Waals surface area contributed by atoms with Crippen molar-refractivity contribution in [2.75, 3.05) is 12.4 Å². The number of ketones is 1. The molecule has 0 radical (unpaired) electrons. The lowest BCUT2D eigenvalue weighted by molar-refractivity contribution is -0.141. The Morgan fingerprint density at radius 1 is 1.17 bits per heavy atom. The molecular weight excluding hydrogens is 410 g/mol. The fourth-order valence-corrected chi connectivity index (χ4v) is 3.92. The van der Waals surface area contributed by atoms with Crippen LogP contribution in [0.5, 0.6) is 0 Å². The number of halogens is 1. The van der Waals surface area contributed by atoms with Crippen LogP contribution in [-0.2, 0) is 16.1 Å². The van der Waals surface area contributed by atoms with Gasteiger partial charge >= 0.3 is 5.97 Å². The molecule has 0 aliphatic rings. The molecule has 3 rings (SSSR count). The molecule has 3 aromatic rings. The number of benzene rings is 1. The van der Waals surface area contributed by atoms with Gasteiger partial charge in [0.25, 0.3) is 0 Å². The molecule has 2 aromatic heterocycles. The molecule has 0 saturated heterocycles. The van der Waals surface area contributed by atoms with E-state index >= 15 is 0 Å². The predicted octanol–water partition coefficient (Wildman–Crippen LogP) is 5.31. The van der Waals surface area contributed by atoms with Crippen molar-refractivity contribution in [2.24, 2.45) is 0 Å². The molecular formula is C22H22ClNO4S. The summed E-state index contributed by atoms with van der Waals surface area (Å²) in [7, 11) is 0. The van der Waals surface area contributed by atoms with Gasteiger partial charge in [0.1, 0.15) is 5.76 Å². The molecule has 0 N–H and O–H groups in total. The molecule has 0 aliphatic heterocycles. The summed E-state index contributed by atoms with van der Waals surface area (Å²) in [5, 5.41) is 0.677. The van der Waals surface area contributed by atoms with Crippen LogP contribution in [0.3, 0.4) is 0 Å². The first-order valence-corrected chi connectivity index (χ1v) is 10.6. The first kappa shape index (κ1) is 21.3. The molecule has 5 nitrogen and oxygen atoms in total. The van der Waals surface area contributed by atoms with E-state index in [-0.39, 0.29) is 24.8 Å². The maximum atomic E-state index is 12.5. The lowest BCUT2D eigenvalue weighted by atomic mass is 10.1. The summed E-state index contributed by atoms with van der Waals surface area (Å²) in [6, 6.07) is 13.0. The van der Waals surface area contributed by atoms with E-state index in [9.17, 15) is 9.59 Å². The Kier molecular flexibility index (Phi) is 7.23. The van der Waals surface area contributed by atoms with Gasteiger partial charge in [0.2, 0.25) is 5.78 Å². The molecule has 29 heavy (non-hydrogen) atoms. The SMILES string of the molecule is Cc1cc(C(=O)COC(=O)CCSc2ccc(Cl)cc2)c(C)n1Cc1ccco1. The van der Waals surface area contributed by atoms with Crippen molar-refractivity contribution in [1.29, 1.82) is 0 Å². The molecule has 1 aromatic carbocycles. The molecule has 152 valence electrons. The average molecular weight is 432 g/mol. The molecule has 0 spiro atoms. The summed E-state index contributed by atoms with van der Waals surface area (Å²) in [6.45, 7) is 4.12. The Hall–Kier alpha value is -2.44. The summed E-state index contributed by atoms with van der Waals surface area (Å²) in [5.74, 6) is 0.800. The average Bonchev–Trinajstić information content (AvgIpc) is 3.31. The van der Waals surface area contributed by atoms with Crippen molar-refractivity contribution in [3.8, 4) is 0 Å². The second kappa shape index (κ2) is 9.85. The van der Waals surface area contributed by atoms with Crippen molar-refractivity contribution < 1.29 is 18.7 Å². The molecule has 0 saturated carbocycles. The van der Waals surface area contributed by atoms with Crippen LogP contribution >= 0.6 is 23.4 Å². The number of Topliss-reactive ketones (excluding diaryl/α,β-unsaturated/α-hetero) is 1. The van der Waals surface area contributed by atoms with Crippen molar-refractivity contribution in [1.82, 2.24) is 4.57 Å². The van der Waals surface area contributed by atoms with E-state index in [4.69, 9.17) is 20.8 Å². The van der Waals surface area contributed by atoms with Crippen LogP contribution in [0.1, 0.15) is 33.9 Å². The normalized spacial score (nSPS) is 10.9. The molecule has 0 unspecified atom stereocenters. The van der Waals surface area contributed by atoms with Gasteiger partial charge in [-0.3, -0.25) is 9.59 Å². The minimum Gasteiger partial charge on any atom is -0.467 e. The van der Waals surface area contributed by atoms with Crippen LogP contribution < -0.4 is 0 Å². The standard InChI is InChI=1S/C22H22ClNO4S/c1-15-12-20(16(2)24(15)13-18-4-3-10-27-18)21(25)14-28-22(26)9-11-29-19-7-5-17(23)6-8-19/h3-8,10,12H,9,11,13-14H2,1-2H3. The van der Waals surface area contributed by atoms with Crippen molar-refractivity contribution in [3.63, 3.8) is 0 Å². The number of aryl methyl sites for hydroxylation is 1. The molecule has 7 heteroatoms. The van der Waals surface area contributed by atoms with Gasteiger partial charge in [-0.1, -0.05) is 11.6 Å². The Bertz CT molecular complexity index is 977. The number of carbonyl (C=O) groups excluding carboxylic acids is 2. The summed E-state index contributed by atoms with van der Waals surface area (Å²) in [4.78, 5) is 25.5. The van der Waals surface area contributed by atoms with Gasteiger partial charge in [0, 0.05) is 32.6 Å². The molecule has 2 heterocycles. The zero-order valence-electron chi connectivity index (χ0n) is 16.3. The van der Waals surface area contributed by atoms with E-state index < -0.39 is 0 Å². The van der Waals surface area contributed by atoms with Gasteiger partial charge in [-0.25, -0.2) is 0 Å². The Labute approximate surface area is 179 Å². The Morgan fingerprint density at radius 2 is 1.93 bits per heavy atom. The minimum absolute atomic E-state index is 0.206. The van der Waals surface area contributed by atoms with Gasteiger partial charge in [-0.15, -0.1) is 11.8 Å². The van der Waals surface area contributed by atoms with Crippen LogP contribution in [0.2, 0.25) is 5.02 Å². The Balaban J connectivity index is 1.48. The number of hydrogen-bond donors (Lipinski definition) is 0. The van der Waals surface area contributed by atoms with Gasteiger partial charge in [0.05, 0.1) is 19.2 Å². The fraction of sp³-hybridized carbons (Fsp3) is 0.273. The van der Waals surface area contributed by atoms with Crippen LogP contribution in [0.25, 0.3) is 0 Å². The van der Waals surface area contributed by atoms with Crippen molar-refractivity contribution >= 4 is 35.1 Å². The van der Waals surface area contributed by atoms with Gasteiger partial charge in [-0.05, 0) is 56.3 Å². The van der Waals surface area contributed by atoms with Crippen molar-refractivity contribution in [2.45, 2.75) is 31.7 Å². The monoisotopic (exact) mass is 431 g/mol. The smallest absolute Gasteiger partial charge is 0.307 e. The first-order valence-electron chi connectivity index (χ1n) is 9.20. The topological polar surface area (TPSA) is 61.4 Å². The first-order chi connectivity index (χ1) is 13.9. The molecule has 0 aliphatic carbocycles. The maximum absolute atomic E-state index is 12.5. The lowest BCUT2D eigenvalue weighted by Crippen LogP contribution is -2.15. The molecule has 0 fully saturated rings. The third kappa shape index (κ3) is 5.78. The number of esters is 1. The van der Waals surface area contributed by atoms with Crippen LogP contribution in [0.4, 0.5) is 0 Å². The number of rotatable bonds is 9. The zero-order chi connectivity index (χ0) is 20.8. The van der Waals surface area contributed by atoms with E-state index in [1.165, 1.54) is 0 Å². The van der Waals surface area contributed by atoms with E-state index in [0.29, 0.717) is 22.9 Å². The van der Waals surface area contributed by atoms with Crippen molar-refractivity contribution in [3.05, 3.63) is 76.5 Å². The van der Waals surface area contributed by atoms with E-state index in [0.717, 1.165) is 22.0 Å². The number of hydrogen-bond acceptors (Lipinski definition) is 5. The van der Waals surface area contributed by atoms with Crippen LogP contribution in [-0.4, -0.2) is 28.7 Å².